The molecular formula is C8H7IO2. The SMILES string of the molecule is CC(=O)c1ccc(O)cc1I. The molecule has 0 spiro atoms. The zero-order valence-electron chi connectivity index (χ0n) is 5.97. The van der Waals surface area contributed by atoms with E-state index in [-0.39, 0.29) is 11.5 Å². The normalized spacial score (nSPS) is 9.64. The van der Waals surface area contributed by atoms with Crippen molar-refractivity contribution < 1.29 is 9.90 Å². The van der Waals surface area contributed by atoms with E-state index >= 15 is 0 Å². The minimum Gasteiger partial charge on any atom is -0.508 e. The Hall–Kier alpha value is -0.580. The van der Waals surface area contributed by atoms with Gasteiger partial charge in [-0.2, -0.15) is 0 Å². The predicted octanol–water partition coefficient (Wildman–Crippen LogP) is 2.20. The van der Waals surface area contributed by atoms with E-state index in [1.807, 2.05) is 22.6 Å². The van der Waals surface area contributed by atoms with E-state index in [0.29, 0.717) is 5.56 Å². The Balaban J connectivity index is 3.20. The Morgan fingerprint density at radius 3 is 2.64 bits per heavy atom. The molecule has 0 atom stereocenters. The highest BCUT2D eigenvalue weighted by atomic mass is 127. The van der Waals surface area contributed by atoms with Gasteiger partial charge in [-0.25, -0.2) is 0 Å². The Kier molecular flexibility index (Phi) is 2.49. The molecule has 0 unspecified atom stereocenters. The summed E-state index contributed by atoms with van der Waals surface area (Å²) in [4.78, 5) is 10.9. The maximum atomic E-state index is 10.9. The fraction of sp³-hybridized carbons (Fsp3) is 0.125. The van der Waals surface area contributed by atoms with Gasteiger partial charge in [0.05, 0.1) is 0 Å². The lowest BCUT2D eigenvalue weighted by molar-refractivity contribution is 0.101. The second-order valence-corrected chi connectivity index (χ2v) is 3.38. The number of halogens is 1. The highest BCUT2D eigenvalue weighted by Gasteiger charge is 2.04. The van der Waals surface area contributed by atoms with Crippen LogP contribution in [-0.4, -0.2) is 10.9 Å². The lowest BCUT2D eigenvalue weighted by atomic mass is 10.1. The standard InChI is InChI=1S/C8H7IO2/c1-5(10)7-3-2-6(11)4-8(7)9/h2-4,11H,1H3. The number of phenols is 1. The van der Waals surface area contributed by atoms with Gasteiger partial charge in [0.25, 0.3) is 0 Å². The van der Waals surface area contributed by atoms with Gasteiger partial charge < -0.3 is 5.11 Å². The van der Waals surface area contributed by atoms with Crippen molar-refractivity contribution in [2.24, 2.45) is 0 Å². The number of carbonyl (C=O) groups is 1. The molecule has 0 aliphatic carbocycles. The van der Waals surface area contributed by atoms with Crippen LogP contribution in [0.3, 0.4) is 0 Å². The number of rotatable bonds is 1. The number of carbonyl (C=O) groups excluding carboxylic acids is 1. The van der Waals surface area contributed by atoms with Crippen LogP contribution in [0.4, 0.5) is 0 Å². The van der Waals surface area contributed by atoms with Crippen molar-refractivity contribution in [1.29, 1.82) is 0 Å². The molecule has 3 heteroatoms. The number of Topliss-reactive ketones (excluding diaryl/α,β-unsaturated/α-hetero) is 1. The molecule has 0 fully saturated rings. The van der Waals surface area contributed by atoms with Crippen LogP contribution in [0.1, 0.15) is 17.3 Å². The second kappa shape index (κ2) is 3.21. The summed E-state index contributed by atoms with van der Waals surface area (Å²) >= 11 is 2.02. The van der Waals surface area contributed by atoms with Gasteiger partial charge in [-0.3, -0.25) is 4.79 Å². The molecule has 1 rings (SSSR count). The summed E-state index contributed by atoms with van der Waals surface area (Å²) in [5.41, 5.74) is 0.656. The number of aromatic hydroxyl groups is 1. The summed E-state index contributed by atoms with van der Waals surface area (Å²) in [6.07, 6.45) is 0. The van der Waals surface area contributed by atoms with Crippen molar-refractivity contribution in [3.63, 3.8) is 0 Å². The van der Waals surface area contributed by atoms with Crippen LogP contribution in [0.25, 0.3) is 0 Å². The summed E-state index contributed by atoms with van der Waals surface area (Å²) in [5.74, 6) is 0.216. The molecule has 0 radical (unpaired) electrons. The predicted molar refractivity (Wildman–Crippen MR) is 50.8 cm³/mol. The molecule has 0 amide bonds. The topological polar surface area (TPSA) is 37.3 Å². The van der Waals surface area contributed by atoms with E-state index in [1.165, 1.54) is 13.0 Å². The summed E-state index contributed by atoms with van der Waals surface area (Å²) in [6.45, 7) is 1.51. The van der Waals surface area contributed by atoms with Crippen LogP contribution in [-0.2, 0) is 0 Å². The van der Waals surface area contributed by atoms with Crippen LogP contribution in [0.5, 0.6) is 5.75 Å². The van der Waals surface area contributed by atoms with Crippen molar-refractivity contribution >= 4 is 28.4 Å². The Morgan fingerprint density at radius 2 is 2.18 bits per heavy atom. The van der Waals surface area contributed by atoms with Crippen molar-refractivity contribution in [3.05, 3.63) is 27.3 Å². The summed E-state index contributed by atoms with van der Waals surface area (Å²) in [5, 5.41) is 9.00. The van der Waals surface area contributed by atoms with Gasteiger partial charge in [0, 0.05) is 9.13 Å². The van der Waals surface area contributed by atoms with Crippen LogP contribution >= 0.6 is 22.6 Å². The number of hydrogen-bond donors (Lipinski definition) is 1. The summed E-state index contributed by atoms with van der Waals surface area (Å²) < 4.78 is 0.787. The van der Waals surface area contributed by atoms with E-state index < -0.39 is 0 Å². The van der Waals surface area contributed by atoms with E-state index in [0.717, 1.165) is 3.57 Å². The van der Waals surface area contributed by atoms with E-state index in [9.17, 15) is 4.79 Å². The highest BCUT2D eigenvalue weighted by molar-refractivity contribution is 14.1. The molecule has 0 bridgehead atoms. The number of hydrogen-bond acceptors (Lipinski definition) is 2. The lowest BCUT2D eigenvalue weighted by Crippen LogP contribution is -1.94. The van der Waals surface area contributed by atoms with Gasteiger partial charge in [0.1, 0.15) is 5.75 Å². The number of ketones is 1. The molecule has 0 aromatic heterocycles. The molecule has 0 heterocycles. The van der Waals surface area contributed by atoms with E-state index in [4.69, 9.17) is 5.11 Å². The zero-order chi connectivity index (χ0) is 8.43. The first-order valence-electron chi connectivity index (χ1n) is 3.10. The maximum Gasteiger partial charge on any atom is 0.160 e. The average molecular weight is 262 g/mol. The lowest BCUT2D eigenvalue weighted by Gasteiger charge is -1.99. The highest BCUT2D eigenvalue weighted by Crippen LogP contribution is 2.18. The summed E-state index contributed by atoms with van der Waals surface area (Å²) in [7, 11) is 0. The smallest absolute Gasteiger partial charge is 0.160 e. The zero-order valence-corrected chi connectivity index (χ0v) is 8.12. The molecule has 1 N–H and O–H groups in total. The van der Waals surface area contributed by atoms with Crippen molar-refractivity contribution in [3.8, 4) is 5.75 Å². The van der Waals surface area contributed by atoms with Gasteiger partial charge in [0.15, 0.2) is 5.78 Å². The fourth-order valence-corrected chi connectivity index (χ4v) is 1.67. The van der Waals surface area contributed by atoms with Crippen molar-refractivity contribution in [2.45, 2.75) is 6.92 Å². The fourth-order valence-electron chi connectivity index (χ4n) is 0.790. The molecule has 11 heavy (non-hydrogen) atoms. The van der Waals surface area contributed by atoms with Gasteiger partial charge in [0.2, 0.25) is 0 Å². The molecule has 0 saturated heterocycles. The molecule has 0 aliphatic heterocycles. The number of phenolic OH excluding ortho intramolecular Hbond substituents is 1. The third-order valence-electron chi connectivity index (χ3n) is 1.33. The van der Waals surface area contributed by atoms with Crippen LogP contribution in [0, 0.1) is 3.57 Å². The van der Waals surface area contributed by atoms with Crippen LogP contribution in [0.15, 0.2) is 18.2 Å². The van der Waals surface area contributed by atoms with Gasteiger partial charge in [-0.1, -0.05) is 0 Å². The largest absolute Gasteiger partial charge is 0.508 e. The first kappa shape index (κ1) is 8.52. The molecule has 0 aliphatic rings. The van der Waals surface area contributed by atoms with E-state index in [2.05, 4.69) is 0 Å². The molecule has 1 aromatic carbocycles. The van der Waals surface area contributed by atoms with Crippen LogP contribution in [0.2, 0.25) is 0 Å². The molecule has 2 nitrogen and oxygen atoms in total. The Morgan fingerprint density at radius 1 is 1.55 bits per heavy atom. The Bertz CT molecular complexity index is 294. The molecular weight excluding hydrogens is 255 g/mol. The van der Waals surface area contributed by atoms with Gasteiger partial charge >= 0.3 is 0 Å². The average Bonchev–Trinajstić information content (AvgIpc) is 1.85. The first-order valence-corrected chi connectivity index (χ1v) is 4.18. The first-order chi connectivity index (χ1) is 5.11. The van der Waals surface area contributed by atoms with E-state index in [1.54, 1.807) is 12.1 Å². The molecule has 1 aromatic rings. The maximum absolute atomic E-state index is 10.9. The minimum atomic E-state index is 0.0226. The third-order valence-corrected chi connectivity index (χ3v) is 2.22. The third kappa shape index (κ3) is 1.92. The van der Waals surface area contributed by atoms with Gasteiger partial charge in [-0.15, -0.1) is 0 Å². The summed E-state index contributed by atoms with van der Waals surface area (Å²) in [6, 6.07) is 4.70. The van der Waals surface area contributed by atoms with Gasteiger partial charge in [-0.05, 0) is 47.7 Å². The molecule has 0 saturated carbocycles. The quantitative estimate of drug-likeness (QED) is 0.622. The number of benzene rings is 1. The second-order valence-electron chi connectivity index (χ2n) is 2.22. The molecule has 58 valence electrons. The van der Waals surface area contributed by atoms with Crippen LogP contribution < -0.4 is 0 Å². The Labute approximate surface area is 78.4 Å². The van der Waals surface area contributed by atoms with Crippen molar-refractivity contribution in [2.75, 3.05) is 0 Å². The monoisotopic (exact) mass is 262 g/mol. The minimum absolute atomic E-state index is 0.0226. The van der Waals surface area contributed by atoms with Crippen molar-refractivity contribution in [1.82, 2.24) is 0 Å².